The Morgan fingerprint density at radius 2 is 1.76 bits per heavy atom. The number of aromatic nitrogens is 3. The number of aryl methyl sites for hydroxylation is 2. The number of amides is 2. The maximum atomic E-state index is 12.8. The van der Waals surface area contributed by atoms with Gasteiger partial charge in [0.25, 0.3) is 0 Å². The zero-order chi connectivity index (χ0) is 24.2. The Balaban J connectivity index is 1.46. The van der Waals surface area contributed by atoms with E-state index in [4.69, 9.17) is 0 Å². The molecule has 1 aliphatic heterocycles. The van der Waals surface area contributed by atoms with E-state index < -0.39 is 0 Å². The summed E-state index contributed by atoms with van der Waals surface area (Å²) in [6.07, 6.45) is 1.82. The molecule has 2 amide bonds. The van der Waals surface area contributed by atoms with E-state index in [-0.39, 0.29) is 23.3 Å². The lowest BCUT2D eigenvalue weighted by atomic mass is 9.91. The molecule has 0 bridgehead atoms. The van der Waals surface area contributed by atoms with Crippen molar-refractivity contribution in [3.8, 4) is 5.69 Å². The third-order valence-electron chi connectivity index (χ3n) is 5.84. The lowest BCUT2D eigenvalue weighted by molar-refractivity contribution is -0.143. The van der Waals surface area contributed by atoms with Gasteiger partial charge in [0, 0.05) is 50.0 Å². The maximum Gasteiger partial charge on any atom is 0.223 e. The molecule has 1 saturated heterocycles. The highest BCUT2D eigenvalue weighted by atomic mass is 32.2. The number of hydrogen-bond donors (Lipinski definition) is 0. The summed E-state index contributed by atoms with van der Waals surface area (Å²) >= 11 is 1.63. The van der Waals surface area contributed by atoms with E-state index in [2.05, 4.69) is 66.7 Å². The van der Waals surface area contributed by atoms with Crippen molar-refractivity contribution in [2.45, 2.75) is 72.0 Å². The molecule has 1 aromatic heterocycles. The number of thioether (sulfide) groups is 1. The third kappa shape index (κ3) is 6.82. The second-order valence-electron chi connectivity index (χ2n) is 10.2. The molecule has 1 aliphatic rings. The number of nitrogens with zero attached hydrogens (tertiary/aromatic N) is 5. The molecule has 1 atom stereocenters. The first-order valence-electron chi connectivity index (χ1n) is 11.7. The zero-order valence-electron chi connectivity index (χ0n) is 20.8. The highest BCUT2D eigenvalue weighted by Crippen LogP contribution is 2.24. The molecule has 3 rings (SSSR count). The van der Waals surface area contributed by atoms with E-state index in [1.165, 1.54) is 5.56 Å². The molecular formula is C25H37N5O2S. The monoisotopic (exact) mass is 471 g/mol. The van der Waals surface area contributed by atoms with Gasteiger partial charge < -0.3 is 9.80 Å². The minimum absolute atomic E-state index is 0.0242. The largest absolute Gasteiger partial charge is 0.339 e. The molecule has 1 aromatic carbocycles. The van der Waals surface area contributed by atoms with E-state index >= 15 is 0 Å². The zero-order valence-corrected chi connectivity index (χ0v) is 21.6. The number of rotatable bonds is 7. The van der Waals surface area contributed by atoms with E-state index in [1.807, 2.05) is 23.6 Å². The summed E-state index contributed by atoms with van der Waals surface area (Å²) < 4.78 is 2.06. The Labute approximate surface area is 201 Å². The number of carbonyl (C=O) groups excluding carboxylic acids is 2. The van der Waals surface area contributed by atoms with Crippen LogP contribution in [-0.2, 0) is 9.59 Å². The average Bonchev–Trinajstić information content (AvgIpc) is 3.10. The molecule has 0 radical (unpaired) electrons. The van der Waals surface area contributed by atoms with Crippen LogP contribution in [0.3, 0.4) is 0 Å². The maximum absolute atomic E-state index is 12.8. The molecule has 2 heterocycles. The Bertz CT molecular complexity index is 964. The molecule has 1 fully saturated rings. The van der Waals surface area contributed by atoms with Crippen molar-refractivity contribution in [3.63, 3.8) is 0 Å². The van der Waals surface area contributed by atoms with Gasteiger partial charge in [0.2, 0.25) is 11.8 Å². The van der Waals surface area contributed by atoms with E-state index in [1.54, 1.807) is 11.8 Å². The van der Waals surface area contributed by atoms with Crippen molar-refractivity contribution < 1.29 is 9.59 Å². The molecule has 0 N–H and O–H groups in total. The van der Waals surface area contributed by atoms with Gasteiger partial charge in [0.1, 0.15) is 5.82 Å². The minimum Gasteiger partial charge on any atom is -0.339 e. The van der Waals surface area contributed by atoms with Crippen molar-refractivity contribution in [2.24, 2.45) is 5.41 Å². The smallest absolute Gasteiger partial charge is 0.223 e. The molecule has 0 saturated carbocycles. The second kappa shape index (κ2) is 10.7. The molecule has 33 heavy (non-hydrogen) atoms. The standard InChI is InChI=1S/C25H37N5O2S/c1-18-9-11-21(12-10-18)30-20(3)26-27-24(30)33-15-7-8-22(31)28-13-14-29(19(2)17-28)23(32)16-25(4,5)6/h9-12,19H,7-8,13-17H2,1-6H3. The van der Waals surface area contributed by atoms with Gasteiger partial charge in [-0.1, -0.05) is 50.2 Å². The van der Waals surface area contributed by atoms with E-state index in [0.717, 1.165) is 28.8 Å². The highest BCUT2D eigenvalue weighted by molar-refractivity contribution is 7.99. The van der Waals surface area contributed by atoms with E-state index in [9.17, 15) is 9.59 Å². The Morgan fingerprint density at radius 1 is 1.06 bits per heavy atom. The molecule has 0 spiro atoms. The fourth-order valence-electron chi connectivity index (χ4n) is 4.08. The first-order valence-corrected chi connectivity index (χ1v) is 12.7. The molecular weight excluding hydrogens is 434 g/mol. The van der Waals surface area contributed by atoms with Crippen LogP contribution in [0.1, 0.15) is 58.3 Å². The van der Waals surface area contributed by atoms with Gasteiger partial charge in [0.05, 0.1) is 0 Å². The summed E-state index contributed by atoms with van der Waals surface area (Å²) in [5.41, 5.74) is 2.24. The van der Waals surface area contributed by atoms with Crippen molar-refractivity contribution in [2.75, 3.05) is 25.4 Å². The average molecular weight is 472 g/mol. The van der Waals surface area contributed by atoms with E-state index in [0.29, 0.717) is 32.5 Å². The first-order chi connectivity index (χ1) is 15.5. The number of benzene rings is 1. The van der Waals surface area contributed by atoms with Gasteiger partial charge in [-0.15, -0.1) is 10.2 Å². The topological polar surface area (TPSA) is 71.3 Å². The van der Waals surface area contributed by atoms with Crippen molar-refractivity contribution >= 4 is 23.6 Å². The minimum atomic E-state index is -0.0242. The van der Waals surface area contributed by atoms with Crippen LogP contribution in [0.4, 0.5) is 0 Å². The predicted octanol–water partition coefficient (Wildman–Crippen LogP) is 4.25. The van der Waals surface area contributed by atoms with Crippen LogP contribution in [0.15, 0.2) is 29.4 Å². The number of hydrogen-bond acceptors (Lipinski definition) is 5. The molecule has 180 valence electrons. The fourth-order valence-corrected chi connectivity index (χ4v) is 5.02. The van der Waals surface area contributed by atoms with Crippen LogP contribution in [0.2, 0.25) is 0 Å². The van der Waals surface area contributed by atoms with Crippen LogP contribution in [-0.4, -0.2) is 67.8 Å². The van der Waals surface area contributed by atoms with Gasteiger partial charge in [-0.25, -0.2) is 0 Å². The van der Waals surface area contributed by atoms with Gasteiger partial charge in [-0.2, -0.15) is 0 Å². The lowest BCUT2D eigenvalue weighted by Crippen LogP contribution is -2.55. The molecule has 8 heteroatoms. The highest BCUT2D eigenvalue weighted by Gasteiger charge is 2.31. The molecule has 1 unspecified atom stereocenters. The van der Waals surface area contributed by atoms with Crippen LogP contribution in [0, 0.1) is 19.3 Å². The predicted molar refractivity (Wildman–Crippen MR) is 133 cm³/mol. The van der Waals surface area contributed by atoms with Gasteiger partial charge >= 0.3 is 0 Å². The van der Waals surface area contributed by atoms with Crippen LogP contribution < -0.4 is 0 Å². The summed E-state index contributed by atoms with van der Waals surface area (Å²) in [7, 11) is 0. The lowest BCUT2D eigenvalue weighted by Gasteiger charge is -2.41. The van der Waals surface area contributed by atoms with Crippen molar-refractivity contribution in [1.82, 2.24) is 24.6 Å². The normalized spacial score (nSPS) is 16.8. The SMILES string of the molecule is Cc1ccc(-n2c(C)nnc2SCCCC(=O)N2CCN(C(=O)CC(C)(C)C)C(C)C2)cc1. The fraction of sp³-hybridized carbons (Fsp3) is 0.600. The van der Waals surface area contributed by atoms with Gasteiger partial charge in [0.15, 0.2) is 5.16 Å². The Hall–Kier alpha value is -2.35. The number of carbonyl (C=O) groups is 2. The third-order valence-corrected chi connectivity index (χ3v) is 6.85. The molecule has 0 aliphatic carbocycles. The molecule has 2 aromatic rings. The second-order valence-corrected chi connectivity index (χ2v) is 11.2. The quantitative estimate of drug-likeness (QED) is 0.446. The van der Waals surface area contributed by atoms with Gasteiger partial charge in [-0.3, -0.25) is 14.2 Å². The van der Waals surface area contributed by atoms with Crippen molar-refractivity contribution in [3.05, 3.63) is 35.7 Å². The van der Waals surface area contributed by atoms with Crippen LogP contribution >= 0.6 is 11.8 Å². The summed E-state index contributed by atoms with van der Waals surface area (Å²) in [4.78, 5) is 29.2. The Morgan fingerprint density at radius 3 is 2.39 bits per heavy atom. The number of piperazine rings is 1. The van der Waals surface area contributed by atoms with Crippen LogP contribution in [0.25, 0.3) is 5.69 Å². The van der Waals surface area contributed by atoms with Gasteiger partial charge in [-0.05, 0) is 44.7 Å². The first kappa shape index (κ1) is 25.3. The Kier molecular flexibility index (Phi) is 8.21. The summed E-state index contributed by atoms with van der Waals surface area (Å²) in [5.74, 6) is 2.01. The van der Waals surface area contributed by atoms with Crippen molar-refractivity contribution in [1.29, 1.82) is 0 Å². The summed E-state index contributed by atoms with van der Waals surface area (Å²) in [6.45, 7) is 14.2. The summed E-state index contributed by atoms with van der Waals surface area (Å²) in [6, 6.07) is 8.38. The van der Waals surface area contributed by atoms with Crippen LogP contribution in [0.5, 0.6) is 0 Å². The summed E-state index contributed by atoms with van der Waals surface area (Å²) in [5, 5.41) is 9.41. The molecule has 7 nitrogen and oxygen atoms in total.